The van der Waals surface area contributed by atoms with Crippen molar-refractivity contribution in [2.24, 2.45) is 7.05 Å². The number of hydrogen-bond acceptors (Lipinski definition) is 4. The zero-order chi connectivity index (χ0) is 13.9. The maximum absolute atomic E-state index is 11.6. The van der Waals surface area contributed by atoms with Crippen molar-refractivity contribution >= 4 is 17.0 Å². The topological polar surface area (TPSA) is 59.8 Å². The van der Waals surface area contributed by atoms with Crippen LogP contribution >= 0.6 is 0 Å². The molecule has 0 unspecified atom stereocenters. The molecule has 0 atom stereocenters. The van der Waals surface area contributed by atoms with E-state index in [0.717, 1.165) is 10.9 Å². The van der Waals surface area contributed by atoms with Gasteiger partial charge in [0.05, 0.1) is 0 Å². The first kappa shape index (κ1) is 12.3. The lowest BCUT2D eigenvalue weighted by Gasteiger charge is -2.07. The van der Waals surface area contributed by atoms with Gasteiger partial charge >= 0.3 is 0 Å². The van der Waals surface area contributed by atoms with E-state index in [1.807, 2.05) is 30.3 Å². The fourth-order valence-corrected chi connectivity index (χ4v) is 2.01. The molecule has 100 valence electrons. The van der Waals surface area contributed by atoms with E-state index in [9.17, 15) is 4.79 Å². The van der Waals surface area contributed by atoms with E-state index in [2.05, 4.69) is 15.3 Å². The lowest BCUT2D eigenvalue weighted by molar-refractivity contribution is 0.882. The normalized spacial score (nSPS) is 10.7. The molecule has 0 saturated carbocycles. The predicted molar refractivity (Wildman–Crippen MR) is 78.5 cm³/mol. The molecule has 0 aliphatic heterocycles. The monoisotopic (exact) mass is 266 g/mol. The molecule has 1 aromatic carbocycles. The molecule has 1 N–H and O–H groups in total. The molecule has 5 heteroatoms. The first-order chi connectivity index (χ1) is 9.74. The third kappa shape index (κ3) is 2.38. The summed E-state index contributed by atoms with van der Waals surface area (Å²) in [4.78, 5) is 20.3. The third-order valence-electron chi connectivity index (χ3n) is 3.14. The molecule has 0 aliphatic carbocycles. The van der Waals surface area contributed by atoms with E-state index in [4.69, 9.17) is 0 Å². The van der Waals surface area contributed by atoms with Crippen molar-refractivity contribution in [1.29, 1.82) is 0 Å². The number of rotatable bonds is 3. The first-order valence-electron chi connectivity index (χ1n) is 6.34. The van der Waals surface area contributed by atoms with Crippen LogP contribution in [0, 0.1) is 0 Å². The molecule has 0 fully saturated rings. The summed E-state index contributed by atoms with van der Waals surface area (Å²) in [6.07, 6.45) is 1.72. The molecule has 20 heavy (non-hydrogen) atoms. The van der Waals surface area contributed by atoms with E-state index < -0.39 is 0 Å². The molecular weight excluding hydrogens is 252 g/mol. The number of fused-ring (bicyclic) bond motifs is 1. The summed E-state index contributed by atoms with van der Waals surface area (Å²) in [5.41, 5.74) is 1.70. The Morgan fingerprint density at radius 2 is 1.95 bits per heavy atom. The number of aryl methyl sites for hydroxylation is 1. The van der Waals surface area contributed by atoms with E-state index in [1.54, 1.807) is 19.3 Å². The van der Waals surface area contributed by atoms with Gasteiger partial charge in [-0.3, -0.25) is 9.36 Å². The average Bonchev–Trinajstić information content (AvgIpc) is 2.50. The highest BCUT2D eigenvalue weighted by molar-refractivity contribution is 5.74. The van der Waals surface area contributed by atoms with Crippen LogP contribution in [0.25, 0.3) is 11.0 Å². The maximum Gasteiger partial charge on any atom is 0.251 e. The Morgan fingerprint density at radius 1 is 1.15 bits per heavy atom. The number of benzene rings is 1. The lowest BCUT2D eigenvalue weighted by Crippen LogP contribution is -2.16. The number of aromatic nitrogens is 3. The van der Waals surface area contributed by atoms with Gasteiger partial charge in [-0.05, 0) is 11.6 Å². The van der Waals surface area contributed by atoms with Gasteiger partial charge in [0.15, 0.2) is 0 Å². The first-order valence-corrected chi connectivity index (χ1v) is 6.34. The van der Waals surface area contributed by atoms with E-state index >= 15 is 0 Å². The molecular formula is C15H14N4O. The van der Waals surface area contributed by atoms with Crippen molar-refractivity contribution < 1.29 is 0 Å². The van der Waals surface area contributed by atoms with Crippen molar-refractivity contribution in [2.45, 2.75) is 6.54 Å². The van der Waals surface area contributed by atoms with Gasteiger partial charge in [-0.1, -0.05) is 30.3 Å². The van der Waals surface area contributed by atoms with Gasteiger partial charge < -0.3 is 5.32 Å². The van der Waals surface area contributed by atoms with E-state index in [0.29, 0.717) is 18.1 Å². The zero-order valence-corrected chi connectivity index (χ0v) is 11.1. The van der Waals surface area contributed by atoms with Crippen LogP contribution in [0.1, 0.15) is 5.56 Å². The van der Waals surface area contributed by atoms with Gasteiger partial charge in [-0.25, -0.2) is 4.98 Å². The highest BCUT2D eigenvalue weighted by atomic mass is 16.1. The van der Waals surface area contributed by atoms with Gasteiger partial charge in [0, 0.05) is 31.2 Å². The largest absolute Gasteiger partial charge is 0.350 e. The summed E-state index contributed by atoms with van der Waals surface area (Å²) in [5, 5.41) is 4.01. The Morgan fingerprint density at radius 3 is 2.75 bits per heavy atom. The highest BCUT2D eigenvalue weighted by Crippen LogP contribution is 2.10. The molecule has 0 saturated heterocycles. The fourth-order valence-electron chi connectivity index (χ4n) is 2.01. The Labute approximate surface area is 115 Å². The van der Waals surface area contributed by atoms with Crippen LogP contribution in [0.2, 0.25) is 0 Å². The maximum atomic E-state index is 11.6. The highest BCUT2D eigenvalue weighted by Gasteiger charge is 2.03. The van der Waals surface area contributed by atoms with Crippen LogP contribution in [-0.4, -0.2) is 14.5 Å². The minimum atomic E-state index is -0.0785. The van der Waals surface area contributed by atoms with Gasteiger partial charge in [-0.2, -0.15) is 4.98 Å². The van der Waals surface area contributed by atoms with Crippen molar-refractivity contribution in [3.8, 4) is 0 Å². The molecule has 0 aliphatic rings. The summed E-state index contributed by atoms with van der Waals surface area (Å²) >= 11 is 0. The van der Waals surface area contributed by atoms with Gasteiger partial charge in [0.25, 0.3) is 5.56 Å². The molecule has 3 aromatic rings. The SMILES string of the molecule is Cn1c(=O)ccc2cnc(NCc3ccccc3)nc21. The zero-order valence-electron chi connectivity index (χ0n) is 11.1. The van der Waals surface area contributed by atoms with Gasteiger partial charge in [0.1, 0.15) is 5.65 Å². The second-order valence-electron chi connectivity index (χ2n) is 4.54. The molecule has 2 aromatic heterocycles. The van der Waals surface area contributed by atoms with Crippen LogP contribution in [0.15, 0.2) is 53.5 Å². The molecule has 5 nitrogen and oxygen atoms in total. The third-order valence-corrected chi connectivity index (χ3v) is 3.14. The summed E-state index contributed by atoms with van der Waals surface area (Å²) < 4.78 is 1.52. The van der Waals surface area contributed by atoms with Crippen molar-refractivity contribution in [3.05, 3.63) is 64.6 Å². The van der Waals surface area contributed by atoms with Crippen molar-refractivity contribution in [3.63, 3.8) is 0 Å². The number of pyridine rings is 1. The molecule has 0 radical (unpaired) electrons. The van der Waals surface area contributed by atoms with Crippen LogP contribution in [0.5, 0.6) is 0 Å². The summed E-state index contributed by atoms with van der Waals surface area (Å²) in [7, 11) is 1.71. The van der Waals surface area contributed by atoms with Crippen LogP contribution < -0.4 is 10.9 Å². The minimum absolute atomic E-state index is 0.0785. The van der Waals surface area contributed by atoms with Crippen LogP contribution in [-0.2, 0) is 13.6 Å². The second-order valence-corrected chi connectivity index (χ2v) is 4.54. The van der Waals surface area contributed by atoms with E-state index in [1.165, 1.54) is 10.6 Å². The van der Waals surface area contributed by atoms with E-state index in [-0.39, 0.29) is 5.56 Å². The van der Waals surface area contributed by atoms with Crippen LogP contribution in [0.3, 0.4) is 0 Å². The molecule has 0 spiro atoms. The lowest BCUT2D eigenvalue weighted by atomic mass is 10.2. The molecule has 2 heterocycles. The van der Waals surface area contributed by atoms with Gasteiger partial charge in [-0.15, -0.1) is 0 Å². The number of anilines is 1. The Hall–Kier alpha value is -2.69. The smallest absolute Gasteiger partial charge is 0.251 e. The number of nitrogens with zero attached hydrogens (tertiary/aromatic N) is 3. The standard InChI is InChI=1S/C15H14N4O/c1-19-13(20)8-7-12-10-17-15(18-14(12)19)16-9-11-5-3-2-4-6-11/h2-8,10H,9H2,1H3,(H,16,17,18). The average molecular weight is 266 g/mol. The predicted octanol–water partition coefficient (Wildman–Crippen LogP) is 1.94. The summed E-state index contributed by atoms with van der Waals surface area (Å²) in [6, 6.07) is 13.3. The number of nitrogens with one attached hydrogen (secondary N) is 1. The molecule has 0 bridgehead atoms. The minimum Gasteiger partial charge on any atom is -0.350 e. The Balaban J connectivity index is 1.89. The molecule has 0 amide bonds. The van der Waals surface area contributed by atoms with Crippen molar-refractivity contribution in [2.75, 3.05) is 5.32 Å². The summed E-state index contributed by atoms with van der Waals surface area (Å²) in [6.45, 7) is 0.646. The molecule has 3 rings (SSSR count). The fraction of sp³-hybridized carbons (Fsp3) is 0.133. The Bertz CT molecular complexity index is 796. The summed E-state index contributed by atoms with van der Waals surface area (Å²) in [5.74, 6) is 0.516. The Kier molecular flexibility index (Phi) is 3.16. The van der Waals surface area contributed by atoms with Crippen LogP contribution in [0.4, 0.5) is 5.95 Å². The number of hydrogen-bond donors (Lipinski definition) is 1. The van der Waals surface area contributed by atoms with Crippen molar-refractivity contribution in [1.82, 2.24) is 14.5 Å². The second kappa shape index (κ2) is 5.13. The quantitative estimate of drug-likeness (QED) is 0.787. The van der Waals surface area contributed by atoms with Gasteiger partial charge in [0.2, 0.25) is 5.95 Å².